The lowest BCUT2D eigenvalue weighted by Crippen LogP contribution is -2.32. The zero-order chi connectivity index (χ0) is 17.6. The van der Waals surface area contributed by atoms with Crippen LogP contribution in [0.5, 0.6) is 0 Å². The molecule has 0 aliphatic rings. The fourth-order valence-corrected chi connectivity index (χ4v) is 1.99. The van der Waals surface area contributed by atoms with E-state index in [0.717, 1.165) is 17.0 Å². The SMILES string of the molecule is O=C(C#Cc1ccccc1)N(CCO)c1ccc(C(F)(F)F)cc1. The number of hydrogen-bond acceptors (Lipinski definition) is 2. The summed E-state index contributed by atoms with van der Waals surface area (Å²) in [6, 6.07) is 13.0. The van der Waals surface area contributed by atoms with E-state index in [9.17, 15) is 18.0 Å². The summed E-state index contributed by atoms with van der Waals surface area (Å²) in [6.07, 6.45) is -4.45. The van der Waals surface area contributed by atoms with Crippen LogP contribution in [0.15, 0.2) is 54.6 Å². The molecule has 0 unspecified atom stereocenters. The Bertz CT molecular complexity index is 744. The third-order valence-electron chi connectivity index (χ3n) is 3.16. The topological polar surface area (TPSA) is 40.5 Å². The molecule has 24 heavy (non-hydrogen) atoms. The lowest BCUT2D eigenvalue weighted by Gasteiger charge is -2.19. The van der Waals surface area contributed by atoms with Crippen LogP contribution in [0.2, 0.25) is 0 Å². The number of aliphatic hydroxyl groups excluding tert-OH is 1. The molecule has 0 radical (unpaired) electrons. The number of rotatable bonds is 3. The van der Waals surface area contributed by atoms with Gasteiger partial charge in [-0.3, -0.25) is 9.69 Å². The fraction of sp³-hybridized carbons (Fsp3) is 0.167. The smallest absolute Gasteiger partial charge is 0.395 e. The Kier molecular flexibility index (Phi) is 5.61. The average molecular weight is 333 g/mol. The fourth-order valence-electron chi connectivity index (χ4n) is 1.99. The van der Waals surface area contributed by atoms with Gasteiger partial charge in [0.2, 0.25) is 0 Å². The van der Waals surface area contributed by atoms with Crippen LogP contribution < -0.4 is 4.90 Å². The van der Waals surface area contributed by atoms with Crippen molar-refractivity contribution in [3.05, 3.63) is 65.7 Å². The molecule has 0 atom stereocenters. The average Bonchev–Trinajstić information content (AvgIpc) is 2.58. The molecule has 0 saturated heterocycles. The van der Waals surface area contributed by atoms with Crippen LogP contribution in [-0.2, 0) is 11.0 Å². The van der Waals surface area contributed by atoms with Gasteiger partial charge in [0.1, 0.15) is 0 Å². The molecule has 0 saturated carbocycles. The van der Waals surface area contributed by atoms with Crippen LogP contribution in [0.1, 0.15) is 11.1 Å². The summed E-state index contributed by atoms with van der Waals surface area (Å²) >= 11 is 0. The number of aliphatic hydroxyl groups is 1. The van der Waals surface area contributed by atoms with Crippen LogP contribution in [0, 0.1) is 11.8 Å². The Hall–Kier alpha value is -2.78. The highest BCUT2D eigenvalue weighted by Gasteiger charge is 2.30. The largest absolute Gasteiger partial charge is 0.416 e. The van der Waals surface area contributed by atoms with Crippen molar-refractivity contribution in [2.75, 3.05) is 18.1 Å². The molecular formula is C18H14F3NO2. The van der Waals surface area contributed by atoms with Crippen molar-refractivity contribution in [3.8, 4) is 11.8 Å². The van der Waals surface area contributed by atoms with Gasteiger partial charge in [-0.2, -0.15) is 13.2 Å². The van der Waals surface area contributed by atoms with E-state index in [1.165, 1.54) is 12.1 Å². The van der Waals surface area contributed by atoms with Gasteiger partial charge in [0.05, 0.1) is 12.2 Å². The quantitative estimate of drug-likeness (QED) is 0.877. The summed E-state index contributed by atoms with van der Waals surface area (Å²) in [6.45, 7) is -0.395. The maximum Gasteiger partial charge on any atom is 0.416 e. The van der Waals surface area contributed by atoms with E-state index in [1.54, 1.807) is 24.3 Å². The second kappa shape index (κ2) is 7.66. The third-order valence-corrected chi connectivity index (χ3v) is 3.16. The number of carbonyl (C=O) groups is 1. The second-order valence-corrected chi connectivity index (χ2v) is 4.84. The molecule has 2 aromatic carbocycles. The lowest BCUT2D eigenvalue weighted by molar-refractivity contribution is -0.137. The molecular weight excluding hydrogens is 319 g/mol. The van der Waals surface area contributed by atoms with E-state index in [-0.39, 0.29) is 18.8 Å². The number of alkyl halides is 3. The summed E-state index contributed by atoms with van der Waals surface area (Å²) in [7, 11) is 0. The predicted molar refractivity (Wildman–Crippen MR) is 84.2 cm³/mol. The minimum atomic E-state index is -4.45. The highest BCUT2D eigenvalue weighted by molar-refractivity contribution is 6.06. The number of hydrogen-bond donors (Lipinski definition) is 1. The molecule has 124 valence electrons. The van der Waals surface area contributed by atoms with E-state index in [1.807, 2.05) is 6.07 Å². The molecule has 0 aliphatic heterocycles. The first-order chi connectivity index (χ1) is 11.4. The van der Waals surface area contributed by atoms with Crippen molar-refractivity contribution < 1.29 is 23.1 Å². The van der Waals surface area contributed by atoms with Crippen LogP contribution in [0.3, 0.4) is 0 Å². The highest BCUT2D eigenvalue weighted by atomic mass is 19.4. The number of benzene rings is 2. The summed E-state index contributed by atoms with van der Waals surface area (Å²) in [5, 5.41) is 9.09. The Morgan fingerprint density at radius 1 is 1.04 bits per heavy atom. The molecule has 0 heterocycles. The molecule has 0 aromatic heterocycles. The van der Waals surface area contributed by atoms with E-state index in [4.69, 9.17) is 5.11 Å². The zero-order valence-corrected chi connectivity index (χ0v) is 12.5. The minimum absolute atomic E-state index is 0.0618. The second-order valence-electron chi connectivity index (χ2n) is 4.84. The minimum Gasteiger partial charge on any atom is -0.395 e. The van der Waals surface area contributed by atoms with Gasteiger partial charge < -0.3 is 5.11 Å². The molecule has 3 nitrogen and oxygen atoms in total. The lowest BCUT2D eigenvalue weighted by atomic mass is 10.2. The number of carbonyl (C=O) groups excluding carboxylic acids is 1. The van der Waals surface area contributed by atoms with Crippen LogP contribution in [0.4, 0.5) is 18.9 Å². The molecule has 0 fully saturated rings. The maximum absolute atomic E-state index is 12.6. The molecule has 6 heteroatoms. The van der Waals surface area contributed by atoms with Gasteiger partial charge in [0.15, 0.2) is 0 Å². The van der Waals surface area contributed by atoms with Crippen molar-refractivity contribution in [2.45, 2.75) is 6.18 Å². The monoisotopic (exact) mass is 333 g/mol. The van der Waals surface area contributed by atoms with Crippen LogP contribution in [-0.4, -0.2) is 24.2 Å². The van der Waals surface area contributed by atoms with Gasteiger partial charge in [-0.15, -0.1) is 0 Å². The Morgan fingerprint density at radius 3 is 2.21 bits per heavy atom. The molecule has 1 amide bonds. The Balaban J connectivity index is 2.23. The normalized spacial score (nSPS) is 10.7. The first kappa shape index (κ1) is 17.6. The number of halogens is 3. The molecule has 0 spiro atoms. The van der Waals surface area contributed by atoms with Gasteiger partial charge in [-0.05, 0) is 36.4 Å². The first-order valence-corrected chi connectivity index (χ1v) is 7.08. The van der Waals surface area contributed by atoms with Gasteiger partial charge in [-0.25, -0.2) is 0 Å². The summed E-state index contributed by atoms with van der Waals surface area (Å²) < 4.78 is 37.8. The summed E-state index contributed by atoms with van der Waals surface area (Å²) in [5.74, 6) is 4.51. The zero-order valence-electron chi connectivity index (χ0n) is 12.5. The number of nitrogens with zero attached hydrogens (tertiary/aromatic N) is 1. The van der Waals surface area contributed by atoms with Crippen LogP contribution >= 0.6 is 0 Å². The van der Waals surface area contributed by atoms with E-state index in [0.29, 0.717) is 5.56 Å². The summed E-state index contributed by atoms with van der Waals surface area (Å²) in [5.41, 5.74) is 0.0737. The van der Waals surface area contributed by atoms with Gasteiger partial charge in [0, 0.05) is 23.7 Å². The standard InChI is InChI=1S/C18H14F3NO2/c19-18(20,21)15-7-9-16(10-8-15)22(12-13-23)17(24)11-6-14-4-2-1-3-5-14/h1-5,7-10,23H,12-13H2. The number of amides is 1. The first-order valence-electron chi connectivity index (χ1n) is 7.08. The van der Waals surface area contributed by atoms with E-state index >= 15 is 0 Å². The molecule has 0 aliphatic carbocycles. The molecule has 2 aromatic rings. The summed E-state index contributed by atoms with van der Waals surface area (Å²) in [4.78, 5) is 13.3. The van der Waals surface area contributed by atoms with E-state index in [2.05, 4.69) is 11.8 Å². The van der Waals surface area contributed by atoms with Gasteiger partial charge in [0.25, 0.3) is 0 Å². The van der Waals surface area contributed by atoms with Crippen molar-refractivity contribution >= 4 is 11.6 Å². The number of anilines is 1. The Morgan fingerprint density at radius 2 is 1.67 bits per heavy atom. The van der Waals surface area contributed by atoms with Crippen molar-refractivity contribution in [2.24, 2.45) is 0 Å². The van der Waals surface area contributed by atoms with Gasteiger partial charge in [-0.1, -0.05) is 24.1 Å². The van der Waals surface area contributed by atoms with E-state index < -0.39 is 17.6 Å². The predicted octanol–water partition coefficient (Wildman–Crippen LogP) is 3.08. The van der Waals surface area contributed by atoms with Crippen molar-refractivity contribution in [3.63, 3.8) is 0 Å². The third kappa shape index (κ3) is 4.61. The van der Waals surface area contributed by atoms with Crippen molar-refractivity contribution in [1.29, 1.82) is 0 Å². The Labute approximate surface area is 137 Å². The van der Waals surface area contributed by atoms with Crippen LogP contribution in [0.25, 0.3) is 0 Å². The van der Waals surface area contributed by atoms with Gasteiger partial charge >= 0.3 is 12.1 Å². The molecule has 0 bridgehead atoms. The highest BCUT2D eigenvalue weighted by Crippen LogP contribution is 2.30. The maximum atomic E-state index is 12.6. The molecule has 2 rings (SSSR count). The molecule has 1 N–H and O–H groups in total. The van der Waals surface area contributed by atoms with Crippen molar-refractivity contribution in [1.82, 2.24) is 0 Å².